The van der Waals surface area contributed by atoms with Crippen LogP contribution in [0.3, 0.4) is 0 Å². The molecule has 2 rings (SSSR count). The van der Waals surface area contributed by atoms with E-state index in [0.717, 1.165) is 6.26 Å². The van der Waals surface area contributed by atoms with Gasteiger partial charge in [0.05, 0.1) is 11.9 Å². The molecule has 0 aromatic heterocycles. The highest BCUT2D eigenvalue weighted by Crippen LogP contribution is 2.26. The van der Waals surface area contributed by atoms with Crippen LogP contribution in [0.2, 0.25) is 0 Å². The van der Waals surface area contributed by atoms with E-state index in [1.165, 1.54) is 17.0 Å². The third-order valence-corrected chi connectivity index (χ3v) is 4.87. The average molecular weight is 333 g/mol. The summed E-state index contributed by atoms with van der Waals surface area (Å²) in [5.41, 5.74) is 0.710. The Bertz CT molecular complexity index is 773. The van der Waals surface area contributed by atoms with E-state index < -0.39 is 25.3 Å². The lowest BCUT2D eigenvalue weighted by Gasteiger charge is -2.17. The molecule has 1 aliphatic heterocycles. The molecule has 21 heavy (non-hydrogen) atoms. The molecule has 0 radical (unpaired) electrons. The van der Waals surface area contributed by atoms with Gasteiger partial charge in [-0.05, 0) is 18.2 Å². The fourth-order valence-electron chi connectivity index (χ4n) is 2.10. The summed E-state index contributed by atoms with van der Waals surface area (Å²) in [6, 6.07) is 6.16. The smallest absolute Gasteiger partial charge is 0.229 e. The second-order valence-electron chi connectivity index (χ2n) is 4.84. The number of benzene rings is 1. The van der Waals surface area contributed by atoms with Crippen LogP contribution in [0.15, 0.2) is 24.3 Å². The molecule has 1 atom stereocenters. The summed E-state index contributed by atoms with van der Waals surface area (Å²) >= 11 is 0. The zero-order chi connectivity index (χ0) is 15.8. The number of sulfonamides is 2. The van der Waals surface area contributed by atoms with Crippen LogP contribution in [0.5, 0.6) is 0 Å². The molecule has 0 saturated carbocycles. The van der Waals surface area contributed by atoms with Crippen molar-refractivity contribution in [2.24, 2.45) is 5.14 Å². The number of nitrogens with one attached hydrogen (secondary N) is 1. The Labute approximate surface area is 123 Å². The van der Waals surface area contributed by atoms with Crippen molar-refractivity contribution >= 4 is 37.3 Å². The summed E-state index contributed by atoms with van der Waals surface area (Å²) in [5.74, 6) is -0.370. The van der Waals surface area contributed by atoms with Gasteiger partial charge in [-0.15, -0.1) is 0 Å². The number of rotatable bonds is 4. The molecular formula is C11H15N3O5S2. The fraction of sp³-hybridized carbons (Fsp3) is 0.364. The summed E-state index contributed by atoms with van der Waals surface area (Å²) in [5, 5.41) is 4.11. The SMILES string of the molecule is CS(=O)(=O)Nc1cccc(N2CC(S(N)(=O)=O)CC2=O)c1. The van der Waals surface area contributed by atoms with E-state index in [1.807, 2.05) is 0 Å². The maximum Gasteiger partial charge on any atom is 0.229 e. The van der Waals surface area contributed by atoms with Crippen LogP contribution in [0.1, 0.15) is 6.42 Å². The summed E-state index contributed by atoms with van der Waals surface area (Å²) < 4.78 is 47.3. The third kappa shape index (κ3) is 3.93. The zero-order valence-corrected chi connectivity index (χ0v) is 12.8. The van der Waals surface area contributed by atoms with Crippen LogP contribution in [0.25, 0.3) is 0 Å². The van der Waals surface area contributed by atoms with Crippen LogP contribution in [0, 0.1) is 0 Å². The first-order chi connectivity index (χ1) is 9.56. The predicted octanol–water partition coefficient (Wildman–Crippen LogP) is -0.548. The number of hydrogen-bond acceptors (Lipinski definition) is 5. The highest BCUT2D eigenvalue weighted by molar-refractivity contribution is 7.92. The molecule has 1 aliphatic rings. The molecule has 1 aromatic rings. The number of nitrogens with zero attached hydrogens (tertiary/aromatic N) is 1. The minimum Gasteiger partial charge on any atom is -0.311 e. The molecule has 1 saturated heterocycles. The lowest BCUT2D eigenvalue weighted by atomic mass is 10.2. The van der Waals surface area contributed by atoms with Crippen molar-refractivity contribution in [1.82, 2.24) is 0 Å². The quantitative estimate of drug-likeness (QED) is 0.764. The van der Waals surface area contributed by atoms with Crippen molar-refractivity contribution in [2.75, 3.05) is 22.4 Å². The normalized spacial score (nSPS) is 19.8. The van der Waals surface area contributed by atoms with E-state index in [-0.39, 0.29) is 18.9 Å². The second-order valence-corrected chi connectivity index (χ2v) is 8.44. The van der Waals surface area contributed by atoms with Crippen molar-refractivity contribution < 1.29 is 21.6 Å². The molecule has 1 unspecified atom stereocenters. The van der Waals surface area contributed by atoms with Gasteiger partial charge in [0.2, 0.25) is 26.0 Å². The predicted molar refractivity (Wildman–Crippen MR) is 78.8 cm³/mol. The molecule has 0 bridgehead atoms. The average Bonchev–Trinajstić information content (AvgIpc) is 2.69. The molecule has 0 spiro atoms. The standard InChI is InChI=1S/C11H15N3O5S2/c1-20(16,17)13-8-3-2-4-9(5-8)14-7-10(6-11(14)15)21(12,18)19/h2-5,10,13H,6-7H2,1H3,(H2,12,18,19). The Morgan fingerprint density at radius 2 is 1.95 bits per heavy atom. The van der Waals surface area contributed by atoms with Gasteiger partial charge in [-0.25, -0.2) is 22.0 Å². The first-order valence-electron chi connectivity index (χ1n) is 5.96. The van der Waals surface area contributed by atoms with Gasteiger partial charge in [0, 0.05) is 18.7 Å². The minimum atomic E-state index is -3.79. The van der Waals surface area contributed by atoms with E-state index >= 15 is 0 Å². The zero-order valence-electron chi connectivity index (χ0n) is 11.2. The van der Waals surface area contributed by atoms with Gasteiger partial charge in [-0.2, -0.15) is 0 Å². The van der Waals surface area contributed by atoms with Crippen LogP contribution < -0.4 is 14.8 Å². The lowest BCUT2D eigenvalue weighted by molar-refractivity contribution is -0.117. The molecule has 1 heterocycles. The first-order valence-corrected chi connectivity index (χ1v) is 9.46. The largest absolute Gasteiger partial charge is 0.311 e. The highest BCUT2D eigenvalue weighted by Gasteiger charge is 2.37. The molecule has 10 heteroatoms. The van der Waals surface area contributed by atoms with E-state index in [1.54, 1.807) is 12.1 Å². The van der Waals surface area contributed by atoms with Gasteiger partial charge in [-0.1, -0.05) is 6.07 Å². The van der Waals surface area contributed by atoms with Crippen LogP contribution in [-0.4, -0.2) is 40.8 Å². The van der Waals surface area contributed by atoms with Crippen molar-refractivity contribution in [3.63, 3.8) is 0 Å². The van der Waals surface area contributed by atoms with Crippen molar-refractivity contribution in [1.29, 1.82) is 0 Å². The fourth-order valence-corrected chi connectivity index (χ4v) is 3.38. The van der Waals surface area contributed by atoms with E-state index in [2.05, 4.69) is 4.72 Å². The van der Waals surface area contributed by atoms with Crippen molar-refractivity contribution in [3.8, 4) is 0 Å². The Hall–Kier alpha value is -1.65. The minimum absolute atomic E-state index is 0.0417. The summed E-state index contributed by atoms with van der Waals surface area (Å²) in [4.78, 5) is 13.2. The van der Waals surface area contributed by atoms with Gasteiger partial charge in [-0.3, -0.25) is 9.52 Å². The summed E-state index contributed by atoms with van der Waals surface area (Å²) in [6.07, 6.45) is 0.834. The van der Waals surface area contributed by atoms with Gasteiger partial charge in [0.15, 0.2) is 0 Å². The molecule has 116 valence electrons. The number of carbonyl (C=O) groups is 1. The van der Waals surface area contributed by atoms with Gasteiger partial charge < -0.3 is 4.90 Å². The summed E-state index contributed by atoms with van der Waals surface area (Å²) in [6.45, 7) is -0.0417. The van der Waals surface area contributed by atoms with Crippen LogP contribution >= 0.6 is 0 Å². The maximum atomic E-state index is 11.9. The van der Waals surface area contributed by atoms with E-state index in [4.69, 9.17) is 5.14 Å². The Morgan fingerprint density at radius 1 is 1.29 bits per heavy atom. The lowest BCUT2D eigenvalue weighted by Crippen LogP contribution is -2.32. The number of anilines is 2. The monoisotopic (exact) mass is 333 g/mol. The van der Waals surface area contributed by atoms with Gasteiger partial charge in [0.25, 0.3) is 0 Å². The molecule has 1 aromatic carbocycles. The molecule has 8 nitrogen and oxygen atoms in total. The van der Waals surface area contributed by atoms with Crippen molar-refractivity contribution in [3.05, 3.63) is 24.3 Å². The second kappa shape index (κ2) is 5.28. The van der Waals surface area contributed by atoms with Crippen molar-refractivity contribution in [2.45, 2.75) is 11.7 Å². The first kappa shape index (κ1) is 15.7. The Morgan fingerprint density at radius 3 is 2.48 bits per heavy atom. The van der Waals surface area contributed by atoms with Crippen LogP contribution in [0.4, 0.5) is 11.4 Å². The van der Waals surface area contributed by atoms with E-state index in [9.17, 15) is 21.6 Å². The number of amides is 1. The molecule has 1 amide bonds. The van der Waals surface area contributed by atoms with Gasteiger partial charge >= 0.3 is 0 Å². The number of nitrogens with two attached hydrogens (primary N) is 1. The number of hydrogen-bond donors (Lipinski definition) is 2. The molecule has 1 fully saturated rings. The topological polar surface area (TPSA) is 127 Å². The highest BCUT2D eigenvalue weighted by atomic mass is 32.2. The third-order valence-electron chi connectivity index (χ3n) is 3.02. The molecule has 3 N–H and O–H groups in total. The number of carbonyl (C=O) groups excluding carboxylic acids is 1. The molecular weight excluding hydrogens is 318 g/mol. The summed E-state index contributed by atoms with van der Waals surface area (Å²) in [7, 11) is -7.22. The number of primary sulfonamides is 1. The van der Waals surface area contributed by atoms with E-state index in [0.29, 0.717) is 11.4 Å². The maximum absolute atomic E-state index is 11.9. The Balaban J connectivity index is 2.27. The van der Waals surface area contributed by atoms with Crippen LogP contribution in [-0.2, 0) is 24.8 Å². The Kier molecular flexibility index (Phi) is 3.95. The van der Waals surface area contributed by atoms with Gasteiger partial charge in [0.1, 0.15) is 5.25 Å². The molecule has 0 aliphatic carbocycles.